The maximum absolute atomic E-state index is 11.7. The number of likely N-dealkylation sites (tertiary alicyclic amines) is 1. The number of carboxylic acid groups (broad SMARTS) is 2. The third-order valence-corrected chi connectivity index (χ3v) is 3.53. The zero-order valence-corrected chi connectivity index (χ0v) is 11.6. The first kappa shape index (κ1) is 16.2. The number of carboxylic acids is 2. The van der Waals surface area contributed by atoms with Crippen molar-refractivity contribution in [1.29, 1.82) is 0 Å². The summed E-state index contributed by atoms with van der Waals surface area (Å²) in [5.74, 6) is -2.63. The molecule has 0 aromatic heterocycles. The van der Waals surface area contributed by atoms with Gasteiger partial charge in [0, 0.05) is 18.6 Å². The average Bonchev–Trinajstić information content (AvgIpc) is 2.32. The third-order valence-electron chi connectivity index (χ3n) is 3.53. The Bertz CT molecular complexity index is 387. The molecule has 0 aromatic carbocycles. The summed E-state index contributed by atoms with van der Waals surface area (Å²) in [6, 6.07) is -1.75. The van der Waals surface area contributed by atoms with Crippen LogP contribution in [-0.2, 0) is 9.59 Å². The van der Waals surface area contributed by atoms with Gasteiger partial charge in [0.1, 0.15) is 6.04 Å². The van der Waals surface area contributed by atoms with Crippen molar-refractivity contribution < 1.29 is 24.6 Å². The number of carbonyl (C=O) groups is 3. The van der Waals surface area contributed by atoms with E-state index in [1.807, 2.05) is 7.05 Å². The third kappa shape index (κ3) is 5.04. The van der Waals surface area contributed by atoms with E-state index in [4.69, 9.17) is 10.2 Å². The summed E-state index contributed by atoms with van der Waals surface area (Å²) in [6.45, 7) is 2.90. The predicted molar refractivity (Wildman–Crippen MR) is 70.5 cm³/mol. The van der Waals surface area contributed by atoms with Crippen molar-refractivity contribution in [3.8, 4) is 0 Å². The molecule has 3 atom stereocenters. The fourth-order valence-corrected chi connectivity index (χ4v) is 2.18. The minimum absolute atomic E-state index is 0.0273. The number of carbonyl (C=O) groups excluding carboxylic acids is 1. The van der Waals surface area contributed by atoms with Crippen LogP contribution in [0.3, 0.4) is 0 Å². The molecule has 20 heavy (non-hydrogen) atoms. The van der Waals surface area contributed by atoms with E-state index in [-0.39, 0.29) is 6.04 Å². The standard InChI is InChI=1S/C12H21N3O5/c1-7-5-8(3-4-15(7)2)13-12(20)14-9(11(18)19)6-10(16)17/h7-9H,3-6H2,1-2H3,(H,16,17)(H,18,19)(H2,13,14,20)/t7?,8?,9-/m1/s1. The highest BCUT2D eigenvalue weighted by atomic mass is 16.4. The summed E-state index contributed by atoms with van der Waals surface area (Å²) in [5.41, 5.74) is 0. The van der Waals surface area contributed by atoms with Gasteiger partial charge in [0.05, 0.1) is 6.42 Å². The second-order valence-electron chi connectivity index (χ2n) is 5.16. The van der Waals surface area contributed by atoms with E-state index in [2.05, 4.69) is 22.5 Å². The van der Waals surface area contributed by atoms with Crippen LogP contribution in [0.1, 0.15) is 26.2 Å². The van der Waals surface area contributed by atoms with Gasteiger partial charge in [-0.3, -0.25) is 4.79 Å². The molecule has 114 valence electrons. The van der Waals surface area contributed by atoms with E-state index in [0.29, 0.717) is 6.04 Å². The van der Waals surface area contributed by atoms with Gasteiger partial charge in [-0.05, 0) is 26.8 Å². The lowest BCUT2D eigenvalue weighted by molar-refractivity contribution is -0.145. The monoisotopic (exact) mass is 287 g/mol. The van der Waals surface area contributed by atoms with Gasteiger partial charge in [0.15, 0.2) is 0 Å². The molecule has 1 fully saturated rings. The quantitative estimate of drug-likeness (QED) is 0.551. The molecule has 1 aliphatic rings. The van der Waals surface area contributed by atoms with E-state index >= 15 is 0 Å². The number of urea groups is 1. The largest absolute Gasteiger partial charge is 0.481 e. The van der Waals surface area contributed by atoms with Crippen LogP contribution in [0.5, 0.6) is 0 Å². The van der Waals surface area contributed by atoms with Crippen LogP contribution in [0.25, 0.3) is 0 Å². The minimum Gasteiger partial charge on any atom is -0.481 e. The van der Waals surface area contributed by atoms with Crippen molar-refractivity contribution >= 4 is 18.0 Å². The Morgan fingerprint density at radius 1 is 1.35 bits per heavy atom. The number of aliphatic carboxylic acids is 2. The first-order valence-corrected chi connectivity index (χ1v) is 6.51. The fourth-order valence-electron chi connectivity index (χ4n) is 2.18. The zero-order valence-electron chi connectivity index (χ0n) is 11.6. The number of amides is 2. The van der Waals surface area contributed by atoms with Crippen LogP contribution in [0.15, 0.2) is 0 Å². The normalized spacial score (nSPS) is 24.7. The summed E-state index contributed by atoms with van der Waals surface area (Å²) < 4.78 is 0. The van der Waals surface area contributed by atoms with Crippen LogP contribution >= 0.6 is 0 Å². The molecule has 0 aliphatic carbocycles. The van der Waals surface area contributed by atoms with E-state index in [0.717, 1.165) is 19.4 Å². The van der Waals surface area contributed by atoms with Gasteiger partial charge in [-0.15, -0.1) is 0 Å². The Morgan fingerprint density at radius 2 is 2.00 bits per heavy atom. The molecule has 1 heterocycles. The second-order valence-corrected chi connectivity index (χ2v) is 5.16. The molecule has 0 saturated carbocycles. The first-order valence-electron chi connectivity index (χ1n) is 6.51. The van der Waals surface area contributed by atoms with Crippen LogP contribution in [0.4, 0.5) is 4.79 Å². The summed E-state index contributed by atoms with van der Waals surface area (Å²) in [7, 11) is 2.01. The van der Waals surface area contributed by atoms with Gasteiger partial charge in [0.2, 0.25) is 0 Å². The maximum atomic E-state index is 11.7. The predicted octanol–water partition coefficient (Wildman–Crippen LogP) is -0.304. The van der Waals surface area contributed by atoms with E-state index in [9.17, 15) is 14.4 Å². The van der Waals surface area contributed by atoms with Crippen molar-refractivity contribution in [2.75, 3.05) is 13.6 Å². The number of rotatable bonds is 5. The van der Waals surface area contributed by atoms with Gasteiger partial charge in [-0.2, -0.15) is 0 Å². The Kier molecular flexibility index (Phi) is 5.75. The van der Waals surface area contributed by atoms with Gasteiger partial charge < -0.3 is 25.7 Å². The first-order chi connectivity index (χ1) is 9.29. The van der Waals surface area contributed by atoms with Crippen molar-refractivity contribution in [3.63, 3.8) is 0 Å². The minimum atomic E-state index is -1.42. The van der Waals surface area contributed by atoms with Gasteiger partial charge in [-0.1, -0.05) is 0 Å². The second kappa shape index (κ2) is 7.09. The number of nitrogens with zero attached hydrogens (tertiary/aromatic N) is 1. The molecule has 0 bridgehead atoms. The number of nitrogens with one attached hydrogen (secondary N) is 2. The van der Waals surface area contributed by atoms with Crippen LogP contribution < -0.4 is 10.6 Å². The molecule has 2 unspecified atom stereocenters. The summed E-state index contributed by atoms with van der Waals surface area (Å²) in [5, 5.41) is 22.3. The van der Waals surface area contributed by atoms with Crippen molar-refractivity contribution in [3.05, 3.63) is 0 Å². The molecular weight excluding hydrogens is 266 g/mol. The van der Waals surface area contributed by atoms with Gasteiger partial charge in [0.25, 0.3) is 0 Å². The molecule has 4 N–H and O–H groups in total. The highest BCUT2D eigenvalue weighted by Crippen LogP contribution is 2.15. The Labute approximate surface area is 117 Å². The van der Waals surface area contributed by atoms with E-state index in [1.54, 1.807) is 0 Å². The zero-order chi connectivity index (χ0) is 15.3. The lowest BCUT2D eigenvalue weighted by atomic mass is 9.99. The Morgan fingerprint density at radius 3 is 2.50 bits per heavy atom. The molecule has 1 aliphatic heterocycles. The maximum Gasteiger partial charge on any atom is 0.326 e. The smallest absolute Gasteiger partial charge is 0.326 e. The van der Waals surface area contributed by atoms with Crippen LogP contribution in [0.2, 0.25) is 0 Å². The van der Waals surface area contributed by atoms with Crippen molar-refractivity contribution in [2.24, 2.45) is 0 Å². The van der Waals surface area contributed by atoms with Crippen molar-refractivity contribution in [1.82, 2.24) is 15.5 Å². The molecule has 8 heteroatoms. The van der Waals surface area contributed by atoms with Crippen LogP contribution in [0, 0.1) is 0 Å². The Balaban J connectivity index is 2.45. The number of hydrogen-bond acceptors (Lipinski definition) is 4. The van der Waals surface area contributed by atoms with E-state index in [1.165, 1.54) is 0 Å². The van der Waals surface area contributed by atoms with E-state index < -0.39 is 30.4 Å². The Hall–Kier alpha value is -1.83. The average molecular weight is 287 g/mol. The number of piperidine rings is 1. The molecule has 0 radical (unpaired) electrons. The molecule has 2 amide bonds. The molecular formula is C12H21N3O5. The summed E-state index contributed by atoms with van der Waals surface area (Å²) in [4.78, 5) is 35.3. The summed E-state index contributed by atoms with van der Waals surface area (Å²) in [6.07, 6.45) is 0.915. The fraction of sp³-hybridized carbons (Fsp3) is 0.750. The lowest BCUT2D eigenvalue weighted by Crippen LogP contribution is -2.53. The molecule has 1 saturated heterocycles. The highest BCUT2D eigenvalue weighted by Gasteiger charge is 2.27. The van der Waals surface area contributed by atoms with Crippen molar-refractivity contribution in [2.45, 2.75) is 44.3 Å². The summed E-state index contributed by atoms with van der Waals surface area (Å²) >= 11 is 0. The van der Waals surface area contributed by atoms with Gasteiger partial charge >= 0.3 is 18.0 Å². The molecule has 0 spiro atoms. The molecule has 0 aromatic rings. The molecule has 1 rings (SSSR count). The topological polar surface area (TPSA) is 119 Å². The highest BCUT2D eigenvalue weighted by molar-refractivity contribution is 5.86. The van der Waals surface area contributed by atoms with Gasteiger partial charge in [-0.25, -0.2) is 9.59 Å². The number of hydrogen-bond donors (Lipinski definition) is 4. The lowest BCUT2D eigenvalue weighted by Gasteiger charge is -2.35. The molecule has 8 nitrogen and oxygen atoms in total. The SMILES string of the molecule is CC1CC(NC(=O)N[C@H](CC(=O)O)C(=O)O)CCN1C. The van der Waals surface area contributed by atoms with Crippen LogP contribution in [-0.4, -0.2) is 64.8 Å².